The molecule has 0 unspecified atom stereocenters. The Hall–Kier alpha value is -2.08. The minimum Gasteiger partial charge on any atom is -0.480 e. The number of fused-ring (bicyclic) bond motifs is 1. The Morgan fingerprint density at radius 1 is 1.42 bits per heavy atom. The number of carbonyl (C=O) groups is 1. The molecular formula is C17H19ClN4O2. The molecule has 1 amide bonds. The minimum absolute atomic E-state index is 0.0502. The van der Waals surface area contributed by atoms with E-state index in [4.69, 9.17) is 16.3 Å². The molecule has 4 rings (SSSR count). The molecule has 6 nitrogen and oxygen atoms in total. The number of hydrogen-bond acceptors (Lipinski definition) is 4. The fraction of sp³-hybridized carbons (Fsp3) is 0.471. The Bertz CT molecular complexity index is 776. The van der Waals surface area contributed by atoms with Crippen LogP contribution in [0.3, 0.4) is 0 Å². The summed E-state index contributed by atoms with van der Waals surface area (Å²) in [6.45, 7) is 1.44. The van der Waals surface area contributed by atoms with Gasteiger partial charge in [0, 0.05) is 37.5 Å². The van der Waals surface area contributed by atoms with Crippen LogP contribution in [0.25, 0.3) is 0 Å². The molecule has 3 heterocycles. The number of aromatic nitrogens is 3. The molecule has 1 aromatic heterocycles. The zero-order chi connectivity index (χ0) is 16.7. The predicted octanol–water partition coefficient (Wildman–Crippen LogP) is 2.18. The standard InChI is InChI=1S/C17H19ClN4O2/c1-21-10-19-20-16(21)11-3-2-6-22(9-11)17(23)15-8-12-7-13(18)4-5-14(12)24-15/h4-5,7,10-11,15H,2-3,6,8-9H2,1H3/t11-,15-/m0/s1. The monoisotopic (exact) mass is 346 g/mol. The number of ether oxygens (including phenoxy) is 1. The molecule has 2 atom stereocenters. The van der Waals surface area contributed by atoms with E-state index in [1.807, 2.05) is 28.6 Å². The number of aryl methyl sites for hydroxylation is 1. The molecule has 7 heteroatoms. The molecule has 0 bridgehead atoms. The van der Waals surface area contributed by atoms with Crippen molar-refractivity contribution in [1.29, 1.82) is 0 Å². The van der Waals surface area contributed by atoms with Gasteiger partial charge in [-0.2, -0.15) is 0 Å². The molecule has 0 saturated carbocycles. The number of halogens is 1. The van der Waals surface area contributed by atoms with Gasteiger partial charge >= 0.3 is 0 Å². The Labute approximate surface area is 145 Å². The van der Waals surface area contributed by atoms with E-state index in [1.54, 1.807) is 12.4 Å². The molecule has 126 valence electrons. The van der Waals surface area contributed by atoms with Crippen LogP contribution in [0.1, 0.15) is 30.1 Å². The average Bonchev–Trinajstić information content (AvgIpc) is 3.20. The molecule has 1 saturated heterocycles. The van der Waals surface area contributed by atoms with Gasteiger partial charge in [-0.1, -0.05) is 11.6 Å². The summed E-state index contributed by atoms with van der Waals surface area (Å²) in [5, 5.41) is 8.83. The van der Waals surface area contributed by atoms with Crippen molar-refractivity contribution in [3.05, 3.63) is 40.9 Å². The molecule has 0 aliphatic carbocycles. The Kier molecular flexibility index (Phi) is 3.92. The van der Waals surface area contributed by atoms with Crippen molar-refractivity contribution in [2.45, 2.75) is 31.3 Å². The van der Waals surface area contributed by atoms with Crippen LogP contribution >= 0.6 is 11.6 Å². The molecule has 2 aromatic rings. The highest BCUT2D eigenvalue weighted by Gasteiger charge is 2.35. The van der Waals surface area contributed by atoms with Gasteiger partial charge < -0.3 is 14.2 Å². The average molecular weight is 347 g/mol. The van der Waals surface area contributed by atoms with E-state index in [9.17, 15) is 4.79 Å². The molecule has 0 spiro atoms. The fourth-order valence-corrected chi connectivity index (χ4v) is 3.80. The van der Waals surface area contributed by atoms with Crippen molar-refractivity contribution >= 4 is 17.5 Å². The summed E-state index contributed by atoms with van der Waals surface area (Å²) < 4.78 is 7.78. The maximum atomic E-state index is 12.9. The summed E-state index contributed by atoms with van der Waals surface area (Å²) in [6.07, 6.45) is 3.83. The van der Waals surface area contributed by atoms with Crippen LogP contribution in [0.15, 0.2) is 24.5 Å². The van der Waals surface area contributed by atoms with Crippen molar-refractivity contribution < 1.29 is 9.53 Å². The first-order valence-electron chi connectivity index (χ1n) is 8.19. The second kappa shape index (κ2) is 6.09. The van der Waals surface area contributed by atoms with Crippen LogP contribution in [-0.2, 0) is 18.3 Å². The highest BCUT2D eigenvalue weighted by atomic mass is 35.5. The summed E-state index contributed by atoms with van der Waals surface area (Å²) in [6, 6.07) is 5.50. The van der Waals surface area contributed by atoms with Gasteiger partial charge in [-0.25, -0.2) is 0 Å². The lowest BCUT2D eigenvalue weighted by Crippen LogP contribution is -2.46. The number of amides is 1. The number of benzene rings is 1. The third-order valence-corrected chi connectivity index (χ3v) is 5.05. The smallest absolute Gasteiger partial charge is 0.264 e. The molecular weight excluding hydrogens is 328 g/mol. The van der Waals surface area contributed by atoms with E-state index in [-0.39, 0.29) is 11.8 Å². The topological polar surface area (TPSA) is 60.2 Å². The van der Waals surface area contributed by atoms with E-state index in [2.05, 4.69) is 10.2 Å². The van der Waals surface area contributed by atoms with E-state index < -0.39 is 6.10 Å². The minimum atomic E-state index is -0.447. The van der Waals surface area contributed by atoms with Crippen LogP contribution in [0.2, 0.25) is 5.02 Å². The number of nitrogens with zero attached hydrogens (tertiary/aromatic N) is 4. The van der Waals surface area contributed by atoms with Gasteiger partial charge in [-0.05, 0) is 36.6 Å². The largest absolute Gasteiger partial charge is 0.480 e. The van der Waals surface area contributed by atoms with Crippen LogP contribution in [0.5, 0.6) is 5.75 Å². The highest BCUT2D eigenvalue weighted by molar-refractivity contribution is 6.30. The molecule has 1 fully saturated rings. The number of hydrogen-bond donors (Lipinski definition) is 0. The summed E-state index contributed by atoms with van der Waals surface area (Å²) in [5.41, 5.74) is 1.00. The number of piperidine rings is 1. The molecule has 24 heavy (non-hydrogen) atoms. The van der Waals surface area contributed by atoms with Crippen molar-refractivity contribution in [3.63, 3.8) is 0 Å². The molecule has 2 aliphatic rings. The van der Waals surface area contributed by atoms with Crippen LogP contribution < -0.4 is 4.74 Å². The Morgan fingerprint density at radius 2 is 2.29 bits per heavy atom. The van der Waals surface area contributed by atoms with Crippen LogP contribution in [-0.4, -0.2) is 44.8 Å². The van der Waals surface area contributed by atoms with E-state index in [0.29, 0.717) is 18.0 Å². The Balaban J connectivity index is 1.46. The quantitative estimate of drug-likeness (QED) is 0.836. The van der Waals surface area contributed by atoms with E-state index in [1.165, 1.54) is 0 Å². The van der Waals surface area contributed by atoms with Crippen molar-refractivity contribution in [2.24, 2.45) is 7.05 Å². The maximum absolute atomic E-state index is 12.9. The molecule has 0 radical (unpaired) electrons. The maximum Gasteiger partial charge on any atom is 0.264 e. The van der Waals surface area contributed by atoms with Gasteiger partial charge in [0.15, 0.2) is 6.10 Å². The first-order valence-corrected chi connectivity index (χ1v) is 8.57. The summed E-state index contributed by atoms with van der Waals surface area (Å²) in [4.78, 5) is 14.8. The second-order valence-corrected chi connectivity index (χ2v) is 6.92. The fourth-order valence-electron chi connectivity index (χ4n) is 3.61. The lowest BCUT2D eigenvalue weighted by Gasteiger charge is -2.33. The lowest BCUT2D eigenvalue weighted by atomic mass is 9.96. The van der Waals surface area contributed by atoms with Crippen molar-refractivity contribution in [3.8, 4) is 5.75 Å². The SMILES string of the molecule is Cn1cnnc1[C@H]1CCCN(C(=O)[C@@H]2Cc3cc(Cl)ccc3O2)C1. The first-order chi connectivity index (χ1) is 11.6. The van der Waals surface area contributed by atoms with Crippen molar-refractivity contribution in [2.75, 3.05) is 13.1 Å². The van der Waals surface area contributed by atoms with Gasteiger partial charge in [0.1, 0.15) is 17.9 Å². The van der Waals surface area contributed by atoms with Crippen LogP contribution in [0, 0.1) is 0 Å². The van der Waals surface area contributed by atoms with Gasteiger partial charge in [0.25, 0.3) is 5.91 Å². The highest BCUT2D eigenvalue weighted by Crippen LogP contribution is 2.33. The molecule has 0 N–H and O–H groups in total. The first kappa shape index (κ1) is 15.4. The predicted molar refractivity (Wildman–Crippen MR) is 89.1 cm³/mol. The Morgan fingerprint density at radius 3 is 3.08 bits per heavy atom. The second-order valence-electron chi connectivity index (χ2n) is 6.49. The van der Waals surface area contributed by atoms with E-state index >= 15 is 0 Å². The zero-order valence-corrected chi connectivity index (χ0v) is 14.2. The third kappa shape index (κ3) is 2.75. The van der Waals surface area contributed by atoms with Gasteiger partial charge in [0.05, 0.1) is 0 Å². The lowest BCUT2D eigenvalue weighted by molar-refractivity contribution is -0.139. The van der Waals surface area contributed by atoms with Gasteiger partial charge in [-0.3, -0.25) is 4.79 Å². The molecule has 1 aromatic carbocycles. The van der Waals surface area contributed by atoms with Gasteiger partial charge in [-0.15, -0.1) is 10.2 Å². The molecule has 2 aliphatic heterocycles. The normalized spacial score (nSPS) is 23.0. The number of likely N-dealkylation sites (tertiary alicyclic amines) is 1. The number of carbonyl (C=O) groups excluding carboxylic acids is 1. The number of rotatable bonds is 2. The summed E-state index contributed by atoms with van der Waals surface area (Å²) in [5.74, 6) is 1.98. The summed E-state index contributed by atoms with van der Waals surface area (Å²) in [7, 11) is 1.94. The summed E-state index contributed by atoms with van der Waals surface area (Å²) >= 11 is 6.02. The zero-order valence-electron chi connectivity index (χ0n) is 13.5. The van der Waals surface area contributed by atoms with Gasteiger partial charge in [0.2, 0.25) is 0 Å². The van der Waals surface area contributed by atoms with Crippen molar-refractivity contribution in [1.82, 2.24) is 19.7 Å². The third-order valence-electron chi connectivity index (χ3n) is 4.82. The van der Waals surface area contributed by atoms with Crippen LogP contribution in [0.4, 0.5) is 0 Å². The van der Waals surface area contributed by atoms with E-state index in [0.717, 1.165) is 36.5 Å².